The Kier molecular flexibility index (Phi) is 10.8. The lowest BCUT2D eigenvalue weighted by molar-refractivity contribution is -0.139. The van der Waals surface area contributed by atoms with E-state index < -0.39 is 40.2 Å². The summed E-state index contributed by atoms with van der Waals surface area (Å²) in [6, 6.07) is 14.7. The quantitative estimate of drug-likeness (QED) is 0.275. The molecule has 0 aliphatic rings. The van der Waals surface area contributed by atoms with Gasteiger partial charge < -0.3 is 10.2 Å². The van der Waals surface area contributed by atoms with Gasteiger partial charge in [-0.15, -0.1) is 0 Å². The van der Waals surface area contributed by atoms with Crippen LogP contribution in [0.1, 0.15) is 26.3 Å². The molecule has 214 valence electrons. The van der Waals surface area contributed by atoms with Gasteiger partial charge in [-0.2, -0.15) is 0 Å². The molecule has 1 N–H and O–H groups in total. The lowest BCUT2D eigenvalue weighted by atomic mass is 10.1. The number of nitrogens with zero attached hydrogens (tertiary/aromatic N) is 2. The van der Waals surface area contributed by atoms with E-state index in [2.05, 4.69) is 5.32 Å². The maximum absolute atomic E-state index is 14.0. The van der Waals surface area contributed by atoms with Crippen molar-refractivity contribution >= 4 is 62.3 Å². The summed E-state index contributed by atoms with van der Waals surface area (Å²) in [5.74, 6) is -1.75. The number of benzene rings is 3. The molecule has 3 rings (SSSR count). The Morgan fingerprint density at radius 3 is 2.10 bits per heavy atom. The number of halogens is 4. The van der Waals surface area contributed by atoms with E-state index in [0.29, 0.717) is 12.1 Å². The van der Waals surface area contributed by atoms with Crippen molar-refractivity contribution in [2.45, 2.75) is 38.3 Å². The molecular weight excluding hydrogens is 600 g/mol. The third-order valence-corrected chi connectivity index (χ3v) is 8.83. The van der Waals surface area contributed by atoms with Crippen molar-refractivity contribution in [1.82, 2.24) is 10.2 Å². The Balaban J connectivity index is 2.06. The van der Waals surface area contributed by atoms with Gasteiger partial charge in [0.2, 0.25) is 11.8 Å². The van der Waals surface area contributed by atoms with Gasteiger partial charge in [-0.3, -0.25) is 13.9 Å². The summed E-state index contributed by atoms with van der Waals surface area (Å²) >= 11 is 18.7. The number of hydrogen-bond donors (Lipinski definition) is 1. The van der Waals surface area contributed by atoms with E-state index in [0.717, 1.165) is 16.4 Å². The third-order valence-electron chi connectivity index (χ3n) is 6.04. The van der Waals surface area contributed by atoms with E-state index in [1.807, 2.05) is 13.8 Å². The zero-order valence-corrected chi connectivity index (χ0v) is 25.2. The summed E-state index contributed by atoms with van der Waals surface area (Å²) in [6.45, 7) is 4.87. The van der Waals surface area contributed by atoms with Gasteiger partial charge in [-0.1, -0.05) is 72.9 Å². The number of sulfonamides is 1. The molecule has 40 heavy (non-hydrogen) atoms. The largest absolute Gasteiger partial charge is 0.354 e. The average Bonchev–Trinajstić information content (AvgIpc) is 2.91. The molecule has 0 fully saturated rings. The number of hydrogen-bond acceptors (Lipinski definition) is 4. The number of carbonyl (C=O) groups excluding carboxylic acids is 2. The predicted octanol–water partition coefficient (Wildman–Crippen LogP) is 6.17. The van der Waals surface area contributed by atoms with E-state index >= 15 is 0 Å². The lowest BCUT2D eigenvalue weighted by Gasteiger charge is -2.32. The molecule has 12 heteroatoms. The third kappa shape index (κ3) is 7.66. The summed E-state index contributed by atoms with van der Waals surface area (Å²) in [7, 11) is -4.32. The Hall–Kier alpha value is -2.85. The molecule has 0 heterocycles. The van der Waals surface area contributed by atoms with Crippen LogP contribution in [0, 0.1) is 11.7 Å². The molecule has 0 aliphatic heterocycles. The fourth-order valence-corrected chi connectivity index (χ4v) is 5.90. The van der Waals surface area contributed by atoms with Crippen LogP contribution in [0.3, 0.4) is 0 Å². The van der Waals surface area contributed by atoms with E-state index in [1.165, 1.54) is 42.2 Å². The maximum Gasteiger partial charge on any atom is 0.264 e. The Morgan fingerprint density at radius 1 is 0.900 bits per heavy atom. The first-order chi connectivity index (χ1) is 18.8. The van der Waals surface area contributed by atoms with Gasteiger partial charge in [0.15, 0.2) is 0 Å². The minimum atomic E-state index is -4.32. The number of rotatable bonds is 11. The molecule has 0 radical (unpaired) electrons. The Labute approximate surface area is 248 Å². The second-order valence-electron chi connectivity index (χ2n) is 9.46. The first-order valence-electron chi connectivity index (χ1n) is 12.4. The molecule has 0 aromatic heterocycles. The molecule has 7 nitrogen and oxygen atoms in total. The van der Waals surface area contributed by atoms with E-state index in [1.54, 1.807) is 24.3 Å². The van der Waals surface area contributed by atoms with Crippen molar-refractivity contribution in [3.8, 4) is 0 Å². The number of carbonyl (C=O) groups is 2. The SMILES string of the molecule is CC(C)CNC(=O)[C@H](C)N(Cc1c(Cl)cccc1Cl)C(=O)CN(c1ccc(F)c(Cl)c1)S(=O)(=O)c1ccccc1. The molecule has 0 unspecified atom stereocenters. The van der Waals surface area contributed by atoms with Crippen LogP contribution in [0.5, 0.6) is 0 Å². The summed E-state index contributed by atoms with van der Waals surface area (Å²) in [5.41, 5.74) is 0.362. The smallest absolute Gasteiger partial charge is 0.264 e. The highest BCUT2D eigenvalue weighted by Gasteiger charge is 2.33. The molecule has 0 bridgehead atoms. The zero-order chi connectivity index (χ0) is 29.6. The van der Waals surface area contributed by atoms with Crippen LogP contribution in [0.15, 0.2) is 71.6 Å². The van der Waals surface area contributed by atoms with Crippen molar-refractivity contribution in [3.63, 3.8) is 0 Å². The first-order valence-corrected chi connectivity index (χ1v) is 14.9. The number of amides is 2. The number of anilines is 1. The Bertz CT molecular complexity index is 1450. The second-order valence-corrected chi connectivity index (χ2v) is 12.5. The molecule has 2 amide bonds. The van der Waals surface area contributed by atoms with Gasteiger partial charge in [0.25, 0.3) is 10.0 Å². The normalized spacial score (nSPS) is 12.2. The fraction of sp³-hybridized carbons (Fsp3) is 0.286. The van der Waals surface area contributed by atoms with Gasteiger partial charge in [-0.05, 0) is 55.3 Å². The van der Waals surface area contributed by atoms with Gasteiger partial charge in [0.05, 0.1) is 15.6 Å². The fourth-order valence-electron chi connectivity index (χ4n) is 3.78. The van der Waals surface area contributed by atoms with Crippen LogP contribution in [0.4, 0.5) is 10.1 Å². The van der Waals surface area contributed by atoms with Crippen LogP contribution in [-0.4, -0.2) is 44.3 Å². The van der Waals surface area contributed by atoms with Gasteiger partial charge in [0, 0.05) is 28.7 Å². The van der Waals surface area contributed by atoms with Crippen molar-refractivity contribution in [2.24, 2.45) is 5.92 Å². The van der Waals surface area contributed by atoms with E-state index in [9.17, 15) is 22.4 Å². The first kappa shape index (κ1) is 31.7. The molecule has 0 aliphatic carbocycles. The molecule has 0 saturated heterocycles. The molecule has 3 aromatic carbocycles. The van der Waals surface area contributed by atoms with Gasteiger partial charge in [0.1, 0.15) is 18.4 Å². The molecule has 1 atom stereocenters. The topological polar surface area (TPSA) is 86.8 Å². The summed E-state index contributed by atoms with van der Waals surface area (Å²) < 4.78 is 42.3. The summed E-state index contributed by atoms with van der Waals surface area (Å²) in [6.07, 6.45) is 0. The molecule has 0 saturated carbocycles. The standard InChI is InChI=1S/C28H29Cl3FN3O4S/c1-18(2)15-33-28(37)19(3)34(16-22-23(29)10-7-11-24(22)30)27(36)17-35(20-12-13-26(32)25(31)14-20)40(38,39)21-8-5-4-6-9-21/h4-14,18-19H,15-17H2,1-3H3,(H,33,37)/t19-/m0/s1. The van der Waals surface area contributed by atoms with Crippen molar-refractivity contribution < 1.29 is 22.4 Å². The molecule has 3 aromatic rings. The van der Waals surface area contributed by atoms with E-state index in [-0.39, 0.29) is 38.1 Å². The van der Waals surface area contributed by atoms with Gasteiger partial charge in [-0.25, -0.2) is 12.8 Å². The van der Waals surface area contributed by atoms with Crippen LogP contribution >= 0.6 is 34.8 Å². The average molecular weight is 629 g/mol. The van der Waals surface area contributed by atoms with Gasteiger partial charge >= 0.3 is 0 Å². The monoisotopic (exact) mass is 627 g/mol. The van der Waals surface area contributed by atoms with E-state index in [4.69, 9.17) is 34.8 Å². The summed E-state index contributed by atoms with van der Waals surface area (Å²) in [5, 5.41) is 3.03. The second kappa shape index (κ2) is 13.7. The highest BCUT2D eigenvalue weighted by molar-refractivity contribution is 7.92. The van der Waals surface area contributed by atoms with Crippen LogP contribution in [-0.2, 0) is 26.2 Å². The van der Waals surface area contributed by atoms with Crippen LogP contribution in [0.2, 0.25) is 15.1 Å². The molecular formula is C28H29Cl3FN3O4S. The number of nitrogens with one attached hydrogen (secondary N) is 1. The Morgan fingerprint density at radius 2 is 1.52 bits per heavy atom. The highest BCUT2D eigenvalue weighted by Crippen LogP contribution is 2.30. The van der Waals surface area contributed by atoms with Crippen molar-refractivity contribution in [2.75, 3.05) is 17.4 Å². The maximum atomic E-state index is 14.0. The zero-order valence-electron chi connectivity index (χ0n) is 22.1. The van der Waals surface area contributed by atoms with Crippen LogP contribution < -0.4 is 9.62 Å². The summed E-state index contributed by atoms with van der Waals surface area (Å²) in [4.78, 5) is 28.1. The predicted molar refractivity (Wildman–Crippen MR) is 157 cm³/mol. The molecule has 0 spiro atoms. The minimum absolute atomic E-state index is 0.0313. The lowest BCUT2D eigenvalue weighted by Crippen LogP contribution is -2.51. The minimum Gasteiger partial charge on any atom is -0.354 e. The van der Waals surface area contributed by atoms with Crippen molar-refractivity contribution in [1.29, 1.82) is 0 Å². The highest BCUT2D eigenvalue weighted by atomic mass is 35.5. The van der Waals surface area contributed by atoms with Crippen molar-refractivity contribution in [3.05, 3.63) is 93.2 Å². The van der Waals surface area contributed by atoms with Crippen LogP contribution in [0.25, 0.3) is 0 Å².